The van der Waals surface area contributed by atoms with Gasteiger partial charge >= 0.3 is 12.0 Å². The van der Waals surface area contributed by atoms with Crippen LogP contribution in [0.15, 0.2) is 29.2 Å². The van der Waals surface area contributed by atoms with Gasteiger partial charge in [0.2, 0.25) is 0 Å². The Morgan fingerprint density at radius 1 is 1.63 bits per heavy atom. The molecule has 2 N–H and O–H groups in total. The predicted octanol–water partition coefficient (Wildman–Crippen LogP) is -0.516. The molecule has 0 aromatic carbocycles. The Bertz CT molecular complexity index is 556. The molecule has 100 valence electrons. The largest absolute Gasteiger partial charge is 0.415 e. The maximum Gasteiger partial charge on any atom is 0.415 e. The first-order valence-corrected chi connectivity index (χ1v) is 5.24. The van der Waals surface area contributed by atoms with Gasteiger partial charge in [0.1, 0.15) is 6.61 Å². The fourth-order valence-electron chi connectivity index (χ4n) is 1.26. The average molecular weight is 266 g/mol. The number of ether oxygens (including phenoxy) is 1. The molecule has 2 aromatic rings. The monoisotopic (exact) mass is 266 g/mol. The highest BCUT2D eigenvalue weighted by molar-refractivity contribution is 5.69. The minimum Gasteiger partial charge on any atom is -0.387 e. The van der Waals surface area contributed by atoms with Crippen molar-refractivity contribution in [3.8, 4) is 5.88 Å². The lowest BCUT2D eigenvalue weighted by Gasteiger charge is -2.04. The Balaban J connectivity index is 1.93. The van der Waals surface area contributed by atoms with Crippen molar-refractivity contribution in [3.05, 3.63) is 41.0 Å². The number of aromatic nitrogens is 3. The van der Waals surface area contributed by atoms with Gasteiger partial charge in [-0.05, 0) is 16.5 Å². The quantitative estimate of drug-likeness (QED) is 0.713. The molecule has 0 atom stereocenters. The van der Waals surface area contributed by atoms with Crippen molar-refractivity contribution >= 4 is 6.09 Å². The van der Waals surface area contributed by atoms with Crippen LogP contribution < -0.4 is 15.0 Å². The fourth-order valence-corrected chi connectivity index (χ4v) is 1.26. The molecule has 0 fully saturated rings. The number of rotatable bonds is 4. The van der Waals surface area contributed by atoms with Gasteiger partial charge in [0.15, 0.2) is 0 Å². The number of carbonyl (C=O) groups excluding carboxylic acids is 1. The molecule has 0 spiro atoms. The second-order valence-corrected chi connectivity index (χ2v) is 3.44. The number of pyridine rings is 1. The Labute approximate surface area is 107 Å². The standard InChI is InChI=1S/C10H10N4O5/c15-6-8-9(14(17)19-13-8)18-10(16)12-5-7-2-1-3-11-4-7/h1-4,15H,5-6H2,(H,12,16). The summed E-state index contributed by atoms with van der Waals surface area (Å²) in [5.41, 5.74) is 0.605. The summed E-state index contributed by atoms with van der Waals surface area (Å²) < 4.78 is 8.88. The van der Waals surface area contributed by atoms with E-state index in [9.17, 15) is 10.0 Å². The number of aliphatic hydroxyl groups excluding tert-OH is 1. The molecule has 9 nitrogen and oxygen atoms in total. The van der Waals surface area contributed by atoms with E-state index in [-0.39, 0.29) is 17.1 Å². The lowest BCUT2D eigenvalue weighted by molar-refractivity contribution is -0.804. The fraction of sp³-hybridized carbons (Fsp3) is 0.200. The van der Waals surface area contributed by atoms with Crippen LogP contribution in [0.1, 0.15) is 11.3 Å². The summed E-state index contributed by atoms with van der Waals surface area (Å²) in [6, 6.07) is 3.48. The summed E-state index contributed by atoms with van der Waals surface area (Å²) in [5, 5.41) is 25.6. The van der Waals surface area contributed by atoms with Crippen molar-refractivity contribution in [3.63, 3.8) is 0 Å². The van der Waals surface area contributed by atoms with Crippen LogP contribution in [0.5, 0.6) is 5.88 Å². The maximum absolute atomic E-state index is 11.4. The first-order chi connectivity index (χ1) is 9.20. The molecular weight excluding hydrogens is 256 g/mol. The van der Waals surface area contributed by atoms with Crippen LogP contribution in [0, 0.1) is 5.21 Å². The van der Waals surface area contributed by atoms with Gasteiger partial charge in [0.05, 0.1) is 0 Å². The third-order valence-electron chi connectivity index (χ3n) is 2.14. The molecule has 0 aliphatic carbocycles. The van der Waals surface area contributed by atoms with Gasteiger partial charge in [-0.3, -0.25) is 9.61 Å². The number of carbonyl (C=O) groups is 1. The van der Waals surface area contributed by atoms with Crippen molar-refractivity contribution in [1.82, 2.24) is 15.5 Å². The number of hydrogen-bond acceptors (Lipinski definition) is 7. The highest BCUT2D eigenvalue weighted by Crippen LogP contribution is 2.10. The van der Waals surface area contributed by atoms with Crippen LogP contribution in [-0.4, -0.2) is 21.3 Å². The molecule has 0 bridgehead atoms. The van der Waals surface area contributed by atoms with Crippen molar-refractivity contribution in [1.29, 1.82) is 0 Å². The molecule has 19 heavy (non-hydrogen) atoms. The molecule has 0 saturated heterocycles. The molecule has 9 heteroatoms. The Morgan fingerprint density at radius 2 is 2.47 bits per heavy atom. The van der Waals surface area contributed by atoms with Crippen molar-refractivity contribution < 1.29 is 24.2 Å². The van der Waals surface area contributed by atoms with Crippen LogP contribution >= 0.6 is 0 Å². The minimum absolute atomic E-state index is 0.102. The number of nitrogens with one attached hydrogen (secondary N) is 1. The van der Waals surface area contributed by atoms with E-state index < -0.39 is 18.6 Å². The number of nitrogens with zero attached hydrogens (tertiary/aromatic N) is 3. The van der Waals surface area contributed by atoms with Crippen LogP contribution in [0.3, 0.4) is 0 Å². The predicted molar refractivity (Wildman–Crippen MR) is 58.5 cm³/mol. The van der Waals surface area contributed by atoms with E-state index >= 15 is 0 Å². The number of hydrogen-bond donors (Lipinski definition) is 2. The topological polar surface area (TPSA) is 124 Å². The van der Waals surface area contributed by atoms with Crippen molar-refractivity contribution in [2.24, 2.45) is 0 Å². The minimum atomic E-state index is -0.869. The molecule has 2 aromatic heterocycles. The smallest absolute Gasteiger partial charge is 0.387 e. The third-order valence-corrected chi connectivity index (χ3v) is 2.14. The Hall–Kier alpha value is -2.68. The maximum atomic E-state index is 11.4. The molecule has 0 unspecified atom stereocenters. The molecule has 0 radical (unpaired) electrons. The van der Waals surface area contributed by atoms with Crippen LogP contribution in [0.4, 0.5) is 4.79 Å². The molecule has 0 aliphatic rings. The highest BCUT2D eigenvalue weighted by Gasteiger charge is 2.23. The summed E-state index contributed by atoms with van der Waals surface area (Å²) in [5.74, 6) is -0.494. The van der Waals surface area contributed by atoms with Gasteiger partial charge < -0.3 is 20.4 Å². The van der Waals surface area contributed by atoms with Crippen LogP contribution in [0.2, 0.25) is 0 Å². The molecular formula is C10H10N4O5. The van der Waals surface area contributed by atoms with E-state index in [0.29, 0.717) is 0 Å². The lowest BCUT2D eigenvalue weighted by Crippen LogP contribution is -2.33. The summed E-state index contributed by atoms with van der Waals surface area (Å²) in [4.78, 5) is 15.2. The summed E-state index contributed by atoms with van der Waals surface area (Å²) in [7, 11) is 0. The Morgan fingerprint density at radius 3 is 3.16 bits per heavy atom. The summed E-state index contributed by atoms with van der Waals surface area (Å²) in [6.45, 7) is -0.394. The van der Waals surface area contributed by atoms with Crippen LogP contribution in [-0.2, 0) is 13.2 Å². The first kappa shape index (κ1) is 12.8. The second kappa shape index (κ2) is 5.78. The van der Waals surface area contributed by atoms with Gasteiger partial charge in [0.25, 0.3) is 5.69 Å². The van der Waals surface area contributed by atoms with Gasteiger partial charge in [-0.2, -0.15) is 0 Å². The van der Waals surface area contributed by atoms with E-state index in [2.05, 4.69) is 20.1 Å². The van der Waals surface area contributed by atoms with E-state index in [4.69, 9.17) is 9.84 Å². The zero-order chi connectivity index (χ0) is 13.7. The Kier molecular flexibility index (Phi) is 3.88. The van der Waals surface area contributed by atoms with E-state index in [1.165, 1.54) is 0 Å². The van der Waals surface area contributed by atoms with E-state index in [0.717, 1.165) is 5.56 Å². The van der Waals surface area contributed by atoms with Crippen molar-refractivity contribution in [2.45, 2.75) is 13.2 Å². The van der Waals surface area contributed by atoms with Crippen molar-refractivity contribution in [2.75, 3.05) is 0 Å². The van der Waals surface area contributed by atoms with E-state index in [1.54, 1.807) is 24.5 Å². The molecule has 0 saturated carbocycles. The molecule has 2 heterocycles. The SMILES string of the molecule is O=C(NCc1cccnc1)Oc1c(CO)no[n+]1[O-]. The molecule has 0 aliphatic heterocycles. The number of amides is 1. The van der Waals surface area contributed by atoms with Gasteiger partial charge in [-0.15, -0.1) is 0 Å². The highest BCUT2D eigenvalue weighted by atomic mass is 16.8. The normalized spacial score (nSPS) is 10.2. The third kappa shape index (κ3) is 3.16. The summed E-state index contributed by atoms with van der Waals surface area (Å²) >= 11 is 0. The first-order valence-electron chi connectivity index (χ1n) is 5.24. The van der Waals surface area contributed by atoms with E-state index in [1.807, 2.05) is 0 Å². The van der Waals surface area contributed by atoms with Gasteiger partial charge in [0, 0.05) is 24.1 Å². The molecule has 2 rings (SSSR count). The average Bonchev–Trinajstić information content (AvgIpc) is 2.78. The van der Waals surface area contributed by atoms with Gasteiger partial charge in [-0.25, -0.2) is 4.79 Å². The molecule has 1 amide bonds. The van der Waals surface area contributed by atoms with Crippen LogP contribution in [0.25, 0.3) is 0 Å². The lowest BCUT2D eigenvalue weighted by atomic mass is 10.3. The zero-order valence-electron chi connectivity index (χ0n) is 9.65. The number of aliphatic hydroxyl groups is 1. The zero-order valence-corrected chi connectivity index (χ0v) is 9.65. The second-order valence-electron chi connectivity index (χ2n) is 3.44. The van der Waals surface area contributed by atoms with Gasteiger partial charge in [-0.1, -0.05) is 6.07 Å². The summed E-state index contributed by atoms with van der Waals surface area (Å²) in [6.07, 6.45) is 2.31.